The van der Waals surface area contributed by atoms with Crippen LogP contribution in [0.1, 0.15) is 49.2 Å². The third-order valence-corrected chi connectivity index (χ3v) is 4.75. The second kappa shape index (κ2) is 7.05. The largest absolute Gasteiger partial charge is 0.744 e. The summed E-state index contributed by atoms with van der Waals surface area (Å²) < 4.78 is 38.0. The lowest BCUT2D eigenvalue weighted by molar-refractivity contribution is 0.0698. The van der Waals surface area contributed by atoms with Gasteiger partial charge in [0.15, 0.2) is 0 Å². The number of carbonyl (C=O) groups is 1. The van der Waals surface area contributed by atoms with Gasteiger partial charge in [0, 0.05) is 0 Å². The first-order valence-electron chi connectivity index (χ1n) is 8.07. The fraction of sp³-hybridized carbons (Fsp3) is 0.316. The van der Waals surface area contributed by atoms with E-state index >= 15 is 0 Å². The van der Waals surface area contributed by atoms with Crippen molar-refractivity contribution in [1.82, 2.24) is 0 Å². The maximum atomic E-state index is 12.5. The van der Waals surface area contributed by atoms with Crippen molar-refractivity contribution in [2.45, 2.75) is 43.8 Å². The normalized spacial score (nSPS) is 12.7. The van der Waals surface area contributed by atoms with Gasteiger partial charge in [-0.05, 0) is 75.2 Å². The molecule has 2 aromatic carbocycles. The summed E-state index contributed by atoms with van der Waals surface area (Å²) in [7, 11) is -4.59. The lowest BCUT2D eigenvalue weighted by atomic mass is 9.89. The molecule has 0 unspecified atom stereocenters. The van der Waals surface area contributed by atoms with Crippen molar-refractivity contribution < 1.29 is 32.7 Å². The van der Waals surface area contributed by atoms with Crippen LogP contribution in [-0.4, -0.2) is 29.2 Å². The quantitative estimate of drug-likeness (QED) is 0.453. The Balaban J connectivity index is 2.38. The minimum absolute atomic E-state index is 0.0471. The molecule has 0 bridgehead atoms. The molecule has 2 aromatic rings. The Bertz CT molecular complexity index is 915. The van der Waals surface area contributed by atoms with Crippen LogP contribution in [0, 0.1) is 0 Å². The topological polar surface area (TPSA) is 124 Å². The van der Waals surface area contributed by atoms with Crippen molar-refractivity contribution in [2.75, 3.05) is 0 Å². The molecule has 0 amide bonds. The number of aliphatic hydroxyl groups is 2. The number of ether oxygens (including phenoxy) is 1. The van der Waals surface area contributed by atoms with Crippen LogP contribution in [-0.2, 0) is 21.3 Å². The van der Waals surface area contributed by atoms with Crippen molar-refractivity contribution in [2.24, 2.45) is 0 Å². The number of hydrogen-bond acceptors (Lipinski definition) is 7. The molecule has 0 saturated carbocycles. The van der Waals surface area contributed by atoms with Gasteiger partial charge in [-0.15, -0.1) is 0 Å². The molecule has 146 valence electrons. The summed E-state index contributed by atoms with van der Waals surface area (Å²) in [5.74, 6) is -0.713. The first-order valence-corrected chi connectivity index (χ1v) is 9.48. The molecule has 0 aliphatic carbocycles. The fourth-order valence-corrected chi connectivity index (χ4v) is 2.76. The summed E-state index contributed by atoms with van der Waals surface area (Å²) in [5.41, 5.74) is -1.56. The highest BCUT2D eigenvalue weighted by atomic mass is 32.2. The van der Waals surface area contributed by atoms with E-state index in [-0.39, 0.29) is 11.3 Å². The highest BCUT2D eigenvalue weighted by molar-refractivity contribution is 7.85. The maximum absolute atomic E-state index is 12.5. The third-order valence-electron chi connectivity index (χ3n) is 3.90. The lowest BCUT2D eigenvalue weighted by Gasteiger charge is -2.24. The van der Waals surface area contributed by atoms with Crippen LogP contribution >= 0.6 is 0 Å². The summed E-state index contributed by atoms with van der Waals surface area (Å²) in [6, 6.07) is 8.98. The fourth-order valence-electron chi connectivity index (χ4n) is 2.29. The highest BCUT2D eigenvalue weighted by Gasteiger charge is 2.25. The molecule has 0 fully saturated rings. The summed E-state index contributed by atoms with van der Waals surface area (Å²) in [5, 5.41) is 20.5. The van der Waals surface area contributed by atoms with Crippen molar-refractivity contribution in [3.05, 3.63) is 59.2 Å². The molecule has 0 aromatic heterocycles. The van der Waals surface area contributed by atoms with Crippen molar-refractivity contribution in [3.63, 3.8) is 0 Å². The second-order valence-electron chi connectivity index (χ2n) is 7.23. The van der Waals surface area contributed by atoms with Gasteiger partial charge in [0.1, 0.15) is 15.9 Å². The monoisotopic (exact) mass is 393 g/mol. The molecule has 0 radical (unpaired) electrons. The Morgan fingerprint density at radius 1 is 0.926 bits per heavy atom. The van der Waals surface area contributed by atoms with Crippen LogP contribution in [0.4, 0.5) is 0 Å². The number of esters is 1. The number of hydrogen-bond donors (Lipinski definition) is 2. The third kappa shape index (κ3) is 5.36. The summed E-state index contributed by atoms with van der Waals surface area (Å²) in [6.07, 6.45) is 0. The van der Waals surface area contributed by atoms with Gasteiger partial charge in [0.05, 0.1) is 21.7 Å². The Hall–Kier alpha value is -2.26. The van der Waals surface area contributed by atoms with Gasteiger partial charge in [0.2, 0.25) is 0 Å². The van der Waals surface area contributed by atoms with Crippen LogP contribution in [0.3, 0.4) is 0 Å². The van der Waals surface area contributed by atoms with Crippen LogP contribution in [0.25, 0.3) is 0 Å². The molecule has 0 aliphatic rings. The molecule has 0 aliphatic heterocycles. The van der Waals surface area contributed by atoms with E-state index in [0.29, 0.717) is 11.1 Å². The van der Waals surface area contributed by atoms with E-state index in [0.717, 1.165) is 12.1 Å². The smallest absolute Gasteiger partial charge is 0.343 e. The van der Waals surface area contributed by atoms with Crippen LogP contribution in [0.5, 0.6) is 5.75 Å². The summed E-state index contributed by atoms with van der Waals surface area (Å²) in [4.78, 5) is 12.1. The summed E-state index contributed by atoms with van der Waals surface area (Å²) in [6.45, 7) is 6.20. The number of carbonyl (C=O) groups excluding carboxylic acids is 1. The average Bonchev–Trinajstić information content (AvgIpc) is 2.52. The molecule has 8 heteroatoms. The molecule has 0 saturated heterocycles. The molecule has 0 heterocycles. The Morgan fingerprint density at radius 2 is 1.37 bits per heavy atom. The molecule has 2 N–H and O–H groups in total. The summed E-state index contributed by atoms with van der Waals surface area (Å²) >= 11 is 0. The predicted molar refractivity (Wildman–Crippen MR) is 96.3 cm³/mol. The molecule has 7 nitrogen and oxygen atoms in total. The maximum Gasteiger partial charge on any atom is 0.343 e. The Kier molecular flexibility index (Phi) is 5.49. The predicted octanol–water partition coefficient (Wildman–Crippen LogP) is 2.26. The van der Waals surface area contributed by atoms with Crippen molar-refractivity contribution >= 4 is 16.1 Å². The second-order valence-corrected chi connectivity index (χ2v) is 8.61. The van der Waals surface area contributed by atoms with Gasteiger partial charge >= 0.3 is 5.97 Å². The average molecular weight is 393 g/mol. The lowest BCUT2D eigenvalue weighted by Crippen LogP contribution is -2.22. The molecule has 0 atom stereocenters. The SMILES string of the molecule is CC(C)(O)c1cc(C(=O)Oc2ccc(S(=O)(=O)[O-])cc2)cc(C(C)(C)O)c1. The van der Waals surface area contributed by atoms with Gasteiger partial charge in [-0.1, -0.05) is 6.07 Å². The van der Waals surface area contributed by atoms with Gasteiger partial charge in [0.25, 0.3) is 0 Å². The minimum atomic E-state index is -4.59. The highest BCUT2D eigenvalue weighted by Crippen LogP contribution is 2.28. The molecule has 27 heavy (non-hydrogen) atoms. The van der Waals surface area contributed by atoms with E-state index < -0.39 is 32.2 Å². The molecular weight excluding hydrogens is 372 g/mol. The molecule has 2 rings (SSSR count). The van der Waals surface area contributed by atoms with Crippen LogP contribution < -0.4 is 4.74 Å². The molecular formula is C19H21O7S-. The zero-order valence-corrected chi connectivity index (χ0v) is 16.2. The van der Waals surface area contributed by atoms with E-state index in [4.69, 9.17) is 4.74 Å². The Morgan fingerprint density at radius 3 is 1.74 bits per heavy atom. The first-order chi connectivity index (χ1) is 12.2. The van der Waals surface area contributed by atoms with E-state index in [1.54, 1.807) is 33.8 Å². The number of benzene rings is 2. The zero-order chi connectivity index (χ0) is 20.6. The van der Waals surface area contributed by atoms with Gasteiger partial charge in [-0.3, -0.25) is 0 Å². The van der Waals surface area contributed by atoms with Crippen LogP contribution in [0.15, 0.2) is 47.4 Å². The molecule has 0 spiro atoms. The van der Waals surface area contributed by atoms with Gasteiger partial charge in [-0.2, -0.15) is 0 Å². The van der Waals surface area contributed by atoms with E-state index in [1.807, 2.05) is 0 Å². The standard InChI is InChI=1S/C19H22O7S/c1-18(2,21)13-9-12(10-14(11-13)19(3,4)22)17(20)26-15-5-7-16(8-6-15)27(23,24)25/h5-11,21-22H,1-4H3,(H,23,24,25)/p-1. The Labute approximate surface area is 158 Å². The zero-order valence-electron chi connectivity index (χ0n) is 15.4. The van der Waals surface area contributed by atoms with Crippen molar-refractivity contribution in [1.29, 1.82) is 0 Å². The van der Waals surface area contributed by atoms with Crippen LogP contribution in [0.2, 0.25) is 0 Å². The minimum Gasteiger partial charge on any atom is -0.744 e. The van der Waals surface area contributed by atoms with Gasteiger partial charge < -0.3 is 19.5 Å². The first kappa shape index (κ1) is 21.0. The van der Waals surface area contributed by atoms with E-state index in [2.05, 4.69) is 0 Å². The van der Waals surface area contributed by atoms with E-state index in [1.165, 1.54) is 24.3 Å². The van der Waals surface area contributed by atoms with Gasteiger partial charge in [-0.25, -0.2) is 13.2 Å². The van der Waals surface area contributed by atoms with E-state index in [9.17, 15) is 28.0 Å². The number of rotatable bonds is 5. The van der Waals surface area contributed by atoms with Crippen molar-refractivity contribution in [3.8, 4) is 5.75 Å².